The average molecular weight is 496 g/mol. The zero-order valence-electron chi connectivity index (χ0n) is 19.6. The lowest BCUT2D eigenvalue weighted by Gasteiger charge is -2.31. The van der Waals surface area contributed by atoms with E-state index in [-0.39, 0.29) is 12.4 Å². The normalized spacial score (nSPS) is 13.4. The van der Waals surface area contributed by atoms with Gasteiger partial charge in [0.05, 0.1) is 18.6 Å². The number of ether oxygens (including phenoxy) is 3. The van der Waals surface area contributed by atoms with Crippen LogP contribution in [0.5, 0.6) is 23.0 Å². The molecule has 4 aromatic rings. The molecule has 3 aromatic carbocycles. The van der Waals surface area contributed by atoms with Gasteiger partial charge in [0.25, 0.3) is 0 Å². The summed E-state index contributed by atoms with van der Waals surface area (Å²) in [6.45, 7) is 4.70. The van der Waals surface area contributed by atoms with Gasteiger partial charge < -0.3 is 19.1 Å². The monoisotopic (exact) mass is 495 g/mol. The number of benzene rings is 3. The molecular formula is C28H30ClNO3S. The third-order valence-electron chi connectivity index (χ3n) is 6.03. The molecule has 0 bridgehead atoms. The van der Waals surface area contributed by atoms with E-state index in [0.29, 0.717) is 6.61 Å². The largest absolute Gasteiger partial charge is 0.497 e. The molecule has 0 amide bonds. The Morgan fingerprint density at radius 3 is 2.44 bits per heavy atom. The summed E-state index contributed by atoms with van der Waals surface area (Å²) in [4.78, 5) is 3.52. The first-order valence-corrected chi connectivity index (χ1v) is 12.4. The number of hydrogen-bond acceptors (Lipinski definition) is 5. The van der Waals surface area contributed by atoms with Gasteiger partial charge in [-0.1, -0.05) is 30.3 Å². The van der Waals surface area contributed by atoms with Gasteiger partial charge in [0.1, 0.15) is 17.2 Å². The van der Waals surface area contributed by atoms with E-state index in [1.54, 1.807) is 18.4 Å². The standard InChI is InChI=1S/C28H29NO3S.ClH/c1-3-31-23-14-10-15-24(26(23)29-17-7-4-8-18-29)32-27-22-13-5-6-16-25(22)33-28(27)20-11-9-12-21(19-20)30-2;/h5-6,9-16,19H,3-4,7-8,17-18H2,1-2H3;1H. The van der Waals surface area contributed by atoms with Crippen molar-refractivity contribution in [2.75, 3.05) is 31.7 Å². The first kappa shape index (κ1) is 24.2. The predicted molar refractivity (Wildman–Crippen MR) is 145 cm³/mol. The molecule has 5 rings (SSSR count). The molecule has 1 aliphatic rings. The fraction of sp³-hybridized carbons (Fsp3) is 0.286. The molecule has 0 unspecified atom stereocenters. The maximum atomic E-state index is 6.81. The summed E-state index contributed by atoms with van der Waals surface area (Å²) in [6.07, 6.45) is 3.66. The Balaban J connectivity index is 0.00000274. The van der Waals surface area contributed by atoms with Gasteiger partial charge >= 0.3 is 0 Å². The van der Waals surface area contributed by atoms with Gasteiger partial charge in [-0.15, -0.1) is 23.7 Å². The maximum absolute atomic E-state index is 6.81. The number of hydrogen-bond donors (Lipinski definition) is 0. The minimum atomic E-state index is 0. The first-order chi connectivity index (χ1) is 16.3. The molecule has 0 saturated carbocycles. The number of anilines is 1. The van der Waals surface area contributed by atoms with Crippen molar-refractivity contribution < 1.29 is 14.2 Å². The second-order valence-corrected chi connectivity index (χ2v) is 9.23. The highest BCUT2D eigenvalue weighted by Gasteiger charge is 2.23. The van der Waals surface area contributed by atoms with Crippen molar-refractivity contribution in [3.8, 4) is 33.4 Å². The van der Waals surface area contributed by atoms with Crippen LogP contribution in [0.1, 0.15) is 26.2 Å². The Labute approximate surface area is 211 Å². The van der Waals surface area contributed by atoms with Crippen LogP contribution in [0.2, 0.25) is 0 Å². The molecule has 34 heavy (non-hydrogen) atoms. The van der Waals surface area contributed by atoms with Crippen molar-refractivity contribution in [1.29, 1.82) is 0 Å². The molecule has 6 heteroatoms. The molecule has 1 aliphatic heterocycles. The third-order valence-corrected chi connectivity index (χ3v) is 7.23. The Bertz CT molecular complexity index is 1250. The summed E-state index contributed by atoms with van der Waals surface area (Å²) in [5.74, 6) is 3.45. The van der Waals surface area contributed by atoms with E-state index >= 15 is 0 Å². The Kier molecular flexibility index (Phi) is 7.86. The van der Waals surface area contributed by atoms with E-state index in [0.717, 1.165) is 57.6 Å². The first-order valence-electron chi connectivity index (χ1n) is 11.6. The molecule has 1 aromatic heterocycles. The van der Waals surface area contributed by atoms with Gasteiger partial charge in [0.2, 0.25) is 0 Å². The van der Waals surface area contributed by atoms with E-state index in [2.05, 4.69) is 53.4 Å². The van der Waals surface area contributed by atoms with Crippen molar-refractivity contribution in [2.24, 2.45) is 0 Å². The lowest BCUT2D eigenvalue weighted by molar-refractivity contribution is 0.337. The Morgan fingerprint density at radius 1 is 0.882 bits per heavy atom. The van der Waals surface area contributed by atoms with E-state index in [9.17, 15) is 0 Å². The quantitative estimate of drug-likeness (QED) is 0.258. The number of nitrogens with zero attached hydrogens (tertiary/aromatic N) is 1. The number of thiophene rings is 1. The lowest BCUT2D eigenvalue weighted by atomic mass is 10.1. The molecule has 178 valence electrons. The number of piperidine rings is 1. The highest BCUT2D eigenvalue weighted by molar-refractivity contribution is 7.22. The fourth-order valence-electron chi connectivity index (χ4n) is 4.47. The van der Waals surface area contributed by atoms with Crippen LogP contribution in [0, 0.1) is 0 Å². The summed E-state index contributed by atoms with van der Waals surface area (Å²) in [6, 6.07) is 22.7. The van der Waals surface area contributed by atoms with Crippen LogP contribution < -0.4 is 19.1 Å². The number of halogens is 1. The SMILES string of the molecule is CCOc1cccc(Oc2c(-c3cccc(OC)c3)sc3ccccc23)c1N1CCCCC1.Cl. The number of para-hydroxylation sites is 1. The van der Waals surface area contributed by atoms with Gasteiger partial charge in [-0.3, -0.25) is 0 Å². The minimum Gasteiger partial charge on any atom is -0.497 e. The van der Waals surface area contributed by atoms with E-state index in [1.165, 1.54) is 24.0 Å². The van der Waals surface area contributed by atoms with Crippen LogP contribution >= 0.6 is 23.7 Å². The smallest absolute Gasteiger partial charge is 0.154 e. The summed E-state index contributed by atoms with van der Waals surface area (Å²) in [5, 5.41) is 1.12. The highest BCUT2D eigenvalue weighted by atomic mass is 35.5. The molecule has 2 heterocycles. The molecule has 1 saturated heterocycles. The number of fused-ring (bicyclic) bond motifs is 1. The highest BCUT2D eigenvalue weighted by Crippen LogP contribution is 2.49. The lowest BCUT2D eigenvalue weighted by Crippen LogP contribution is -2.30. The molecular weight excluding hydrogens is 466 g/mol. The fourth-order valence-corrected chi connectivity index (χ4v) is 5.60. The van der Waals surface area contributed by atoms with Gasteiger partial charge in [-0.25, -0.2) is 0 Å². The van der Waals surface area contributed by atoms with E-state index in [1.807, 2.05) is 25.1 Å². The summed E-state index contributed by atoms with van der Waals surface area (Å²) < 4.78 is 19.5. The van der Waals surface area contributed by atoms with Crippen LogP contribution in [0.15, 0.2) is 66.7 Å². The summed E-state index contributed by atoms with van der Waals surface area (Å²) in [5.41, 5.74) is 2.15. The molecule has 0 radical (unpaired) electrons. The van der Waals surface area contributed by atoms with Crippen molar-refractivity contribution in [3.63, 3.8) is 0 Å². The topological polar surface area (TPSA) is 30.9 Å². The second kappa shape index (κ2) is 11.0. The average Bonchev–Trinajstić information content (AvgIpc) is 3.23. The Morgan fingerprint density at radius 2 is 1.65 bits per heavy atom. The van der Waals surface area contributed by atoms with E-state index in [4.69, 9.17) is 14.2 Å². The Hall–Kier alpha value is -2.89. The van der Waals surface area contributed by atoms with Gasteiger partial charge in [0.15, 0.2) is 11.5 Å². The van der Waals surface area contributed by atoms with Crippen molar-refractivity contribution in [2.45, 2.75) is 26.2 Å². The second-order valence-electron chi connectivity index (χ2n) is 8.17. The van der Waals surface area contributed by atoms with Crippen LogP contribution in [0.4, 0.5) is 5.69 Å². The molecule has 4 nitrogen and oxygen atoms in total. The molecule has 0 spiro atoms. The van der Waals surface area contributed by atoms with Crippen LogP contribution in [0.3, 0.4) is 0 Å². The molecule has 0 atom stereocenters. The van der Waals surface area contributed by atoms with Gasteiger partial charge in [0, 0.05) is 23.2 Å². The van der Waals surface area contributed by atoms with E-state index < -0.39 is 0 Å². The predicted octanol–water partition coefficient (Wildman–Crippen LogP) is 8.18. The summed E-state index contributed by atoms with van der Waals surface area (Å²) in [7, 11) is 1.70. The third kappa shape index (κ3) is 4.82. The molecule has 1 fully saturated rings. The van der Waals surface area contributed by atoms with Gasteiger partial charge in [-0.05, 0) is 68.1 Å². The molecule has 0 N–H and O–H groups in total. The van der Waals surface area contributed by atoms with Crippen molar-refractivity contribution in [1.82, 2.24) is 0 Å². The van der Waals surface area contributed by atoms with Crippen LogP contribution in [-0.4, -0.2) is 26.8 Å². The summed E-state index contributed by atoms with van der Waals surface area (Å²) >= 11 is 1.75. The number of methoxy groups -OCH3 is 1. The van der Waals surface area contributed by atoms with Crippen LogP contribution in [0.25, 0.3) is 20.5 Å². The zero-order valence-corrected chi connectivity index (χ0v) is 21.2. The van der Waals surface area contributed by atoms with Gasteiger partial charge in [-0.2, -0.15) is 0 Å². The van der Waals surface area contributed by atoms with Crippen LogP contribution in [-0.2, 0) is 0 Å². The van der Waals surface area contributed by atoms with Crippen molar-refractivity contribution in [3.05, 3.63) is 66.7 Å². The molecule has 0 aliphatic carbocycles. The van der Waals surface area contributed by atoms with Crippen molar-refractivity contribution >= 4 is 39.5 Å². The zero-order chi connectivity index (χ0) is 22.6. The minimum absolute atomic E-state index is 0. The maximum Gasteiger partial charge on any atom is 0.154 e. The number of rotatable bonds is 7.